The predicted octanol–water partition coefficient (Wildman–Crippen LogP) is 3.90. The van der Waals surface area contributed by atoms with E-state index in [1.807, 2.05) is 6.08 Å². The Balaban J connectivity index is 1.76. The Hall–Kier alpha value is -0.890. The average molecular weight is 300 g/mol. The zero-order chi connectivity index (χ0) is 15.7. The van der Waals surface area contributed by atoms with Crippen molar-refractivity contribution in [2.45, 2.75) is 59.0 Å². The van der Waals surface area contributed by atoms with Crippen molar-refractivity contribution >= 4 is 5.78 Å². The number of aliphatic hydroxyl groups excluding tert-OH is 1. The molecule has 0 aromatic carbocycles. The van der Waals surface area contributed by atoms with Gasteiger partial charge in [-0.25, -0.2) is 0 Å². The minimum atomic E-state index is -0.238. The second kappa shape index (κ2) is 4.56. The van der Waals surface area contributed by atoms with Crippen LogP contribution in [-0.4, -0.2) is 17.0 Å². The van der Waals surface area contributed by atoms with Crippen molar-refractivity contribution in [3.63, 3.8) is 0 Å². The first kappa shape index (κ1) is 14.7. The molecule has 0 bridgehead atoms. The molecule has 4 aliphatic rings. The molecule has 1 N–H and O–H groups in total. The summed E-state index contributed by atoms with van der Waals surface area (Å²) in [5.74, 6) is 2.50. The van der Waals surface area contributed by atoms with Crippen LogP contribution in [0, 0.1) is 34.5 Å². The van der Waals surface area contributed by atoms with Crippen LogP contribution < -0.4 is 0 Å². The van der Waals surface area contributed by atoms with Crippen molar-refractivity contribution < 1.29 is 9.90 Å². The Morgan fingerprint density at radius 1 is 1.23 bits per heavy atom. The van der Waals surface area contributed by atoms with Gasteiger partial charge in [0.2, 0.25) is 0 Å². The molecule has 7 unspecified atom stereocenters. The maximum absolute atomic E-state index is 11.8. The summed E-state index contributed by atoms with van der Waals surface area (Å²) in [5.41, 5.74) is 1.46. The van der Waals surface area contributed by atoms with E-state index >= 15 is 0 Å². The van der Waals surface area contributed by atoms with Gasteiger partial charge in [0.25, 0.3) is 0 Å². The third-order valence-electron chi connectivity index (χ3n) is 7.97. The molecule has 0 saturated heterocycles. The molecule has 0 amide bonds. The lowest BCUT2D eigenvalue weighted by Gasteiger charge is -2.58. The van der Waals surface area contributed by atoms with E-state index < -0.39 is 0 Å². The second-order valence-electron chi connectivity index (χ2n) is 8.78. The third-order valence-corrected chi connectivity index (χ3v) is 7.97. The van der Waals surface area contributed by atoms with Gasteiger partial charge in [-0.05, 0) is 67.4 Å². The Morgan fingerprint density at radius 3 is 2.77 bits per heavy atom. The van der Waals surface area contributed by atoms with Crippen molar-refractivity contribution in [3.05, 3.63) is 23.8 Å². The molecule has 0 radical (unpaired) electrons. The van der Waals surface area contributed by atoms with E-state index in [1.54, 1.807) is 6.08 Å². The fourth-order valence-electron chi connectivity index (χ4n) is 6.57. The number of fused-ring (bicyclic) bond motifs is 5. The zero-order valence-corrected chi connectivity index (χ0v) is 14.0. The van der Waals surface area contributed by atoms with Gasteiger partial charge in [-0.1, -0.05) is 32.4 Å². The van der Waals surface area contributed by atoms with E-state index in [4.69, 9.17) is 0 Å². The largest absolute Gasteiger partial charge is 0.393 e. The minimum Gasteiger partial charge on any atom is -0.393 e. The van der Waals surface area contributed by atoms with Gasteiger partial charge in [-0.3, -0.25) is 4.79 Å². The molecule has 7 atom stereocenters. The molecule has 3 saturated carbocycles. The van der Waals surface area contributed by atoms with Crippen LogP contribution in [0.25, 0.3) is 0 Å². The van der Waals surface area contributed by atoms with E-state index in [-0.39, 0.29) is 17.3 Å². The van der Waals surface area contributed by atoms with Gasteiger partial charge >= 0.3 is 0 Å². The second-order valence-corrected chi connectivity index (χ2v) is 8.78. The Labute approximate surface area is 133 Å². The van der Waals surface area contributed by atoms with Crippen LogP contribution in [0.15, 0.2) is 23.8 Å². The highest BCUT2D eigenvalue weighted by molar-refractivity contribution is 6.01. The zero-order valence-electron chi connectivity index (χ0n) is 14.0. The van der Waals surface area contributed by atoms with E-state index in [9.17, 15) is 9.90 Å². The molecule has 120 valence electrons. The molecule has 2 nitrogen and oxygen atoms in total. The lowest BCUT2D eigenvalue weighted by Crippen LogP contribution is -2.55. The number of carbonyl (C=O) groups excluding carboxylic acids is 1. The topological polar surface area (TPSA) is 37.3 Å². The van der Waals surface area contributed by atoms with Crippen LogP contribution in [-0.2, 0) is 4.79 Å². The molecule has 0 aromatic rings. The average Bonchev–Trinajstić information content (AvgIpc) is 2.75. The quantitative estimate of drug-likeness (QED) is 0.736. The van der Waals surface area contributed by atoms with E-state index in [2.05, 4.69) is 26.8 Å². The van der Waals surface area contributed by atoms with Crippen LogP contribution in [0.3, 0.4) is 0 Å². The predicted molar refractivity (Wildman–Crippen MR) is 87.2 cm³/mol. The number of carbonyl (C=O) groups is 1. The highest BCUT2D eigenvalue weighted by Gasteiger charge is 2.60. The fourth-order valence-corrected chi connectivity index (χ4v) is 6.57. The van der Waals surface area contributed by atoms with Crippen molar-refractivity contribution in [1.29, 1.82) is 0 Å². The third kappa shape index (κ3) is 1.73. The molecule has 2 heteroatoms. The first-order valence-electron chi connectivity index (χ1n) is 8.98. The number of allylic oxidation sites excluding steroid dienone is 4. The minimum absolute atomic E-state index is 0.108. The maximum Gasteiger partial charge on any atom is 0.178 e. The van der Waals surface area contributed by atoms with Crippen molar-refractivity contribution in [1.82, 2.24) is 0 Å². The standard InChI is InChI=1S/C20H28O2/c1-12-4-7-16-15-6-5-13-10-14(21)8-9-19(13,2)18(15)17(22)11-20(12,16)3/h8-10,12,15-18,22H,4-7,11H2,1-3H3. The Kier molecular flexibility index (Phi) is 3.05. The van der Waals surface area contributed by atoms with Crippen LogP contribution in [0.2, 0.25) is 0 Å². The summed E-state index contributed by atoms with van der Waals surface area (Å²) in [5, 5.41) is 11.1. The van der Waals surface area contributed by atoms with Gasteiger partial charge in [-0.2, -0.15) is 0 Å². The number of hydrogen-bond donors (Lipinski definition) is 1. The summed E-state index contributed by atoms with van der Waals surface area (Å²) in [6.45, 7) is 7.05. The fraction of sp³-hybridized carbons (Fsp3) is 0.750. The van der Waals surface area contributed by atoms with Crippen molar-refractivity contribution in [2.24, 2.45) is 34.5 Å². The highest BCUT2D eigenvalue weighted by Crippen LogP contribution is 2.65. The number of aliphatic hydroxyl groups is 1. The highest BCUT2D eigenvalue weighted by atomic mass is 16.3. The first-order chi connectivity index (χ1) is 10.4. The number of rotatable bonds is 0. The summed E-state index contributed by atoms with van der Waals surface area (Å²) >= 11 is 0. The van der Waals surface area contributed by atoms with Gasteiger partial charge in [0.05, 0.1) is 6.10 Å². The molecular weight excluding hydrogens is 272 g/mol. The molecule has 4 aliphatic carbocycles. The smallest absolute Gasteiger partial charge is 0.178 e. The van der Waals surface area contributed by atoms with E-state index in [1.165, 1.54) is 18.4 Å². The monoisotopic (exact) mass is 300 g/mol. The summed E-state index contributed by atoms with van der Waals surface area (Å²) in [6.07, 6.45) is 11.2. The maximum atomic E-state index is 11.8. The summed E-state index contributed by atoms with van der Waals surface area (Å²) < 4.78 is 0. The lowest BCUT2D eigenvalue weighted by atomic mass is 9.47. The van der Waals surface area contributed by atoms with Crippen LogP contribution in [0.4, 0.5) is 0 Å². The lowest BCUT2D eigenvalue weighted by molar-refractivity contribution is -0.117. The van der Waals surface area contributed by atoms with E-state index in [0.717, 1.165) is 31.1 Å². The van der Waals surface area contributed by atoms with E-state index in [0.29, 0.717) is 17.3 Å². The number of hydrogen-bond acceptors (Lipinski definition) is 2. The molecule has 22 heavy (non-hydrogen) atoms. The summed E-state index contributed by atoms with van der Waals surface area (Å²) in [4.78, 5) is 11.8. The summed E-state index contributed by atoms with van der Waals surface area (Å²) in [7, 11) is 0. The van der Waals surface area contributed by atoms with Gasteiger partial charge in [0.15, 0.2) is 5.78 Å². The number of ketones is 1. The Bertz CT molecular complexity index is 574. The van der Waals surface area contributed by atoms with Gasteiger partial charge < -0.3 is 5.11 Å². The Morgan fingerprint density at radius 2 is 2.00 bits per heavy atom. The van der Waals surface area contributed by atoms with Gasteiger partial charge in [-0.15, -0.1) is 0 Å². The molecule has 0 aromatic heterocycles. The molecule has 4 rings (SSSR count). The van der Waals surface area contributed by atoms with Gasteiger partial charge in [0, 0.05) is 11.3 Å². The molecule has 3 fully saturated rings. The molecular formula is C20H28O2. The molecule has 0 heterocycles. The van der Waals surface area contributed by atoms with Crippen LogP contribution in [0.1, 0.15) is 52.9 Å². The molecule has 0 spiro atoms. The van der Waals surface area contributed by atoms with Crippen LogP contribution >= 0.6 is 0 Å². The van der Waals surface area contributed by atoms with Crippen molar-refractivity contribution in [3.8, 4) is 0 Å². The van der Waals surface area contributed by atoms with Gasteiger partial charge in [0.1, 0.15) is 0 Å². The normalized spacial score (nSPS) is 53.5. The first-order valence-corrected chi connectivity index (χ1v) is 8.98. The van der Waals surface area contributed by atoms with Crippen molar-refractivity contribution in [2.75, 3.05) is 0 Å². The summed E-state index contributed by atoms with van der Waals surface area (Å²) in [6, 6.07) is 0. The van der Waals surface area contributed by atoms with Crippen LogP contribution in [0.5, 0.6) is 0 Å². The SMILES string of the molecule is CC1CCC2C3CCC4=CC(=O)C=CC4(C)C3C(O)CC12C. The molecule has 0 aliphatic heterocycles.